The van der Waals surface area contributed by atoms with Crippen LogP contribution in [0.5, 0.6) is 0 Å². The highest BCUT2D eigenvalue weighted by molar-refractivity contribution is 14.0. The molecule has 1 heterocycles. The molecule has 1 aromatic heterocycles. The van der Waals surface area contributed by atoms with Crippen LogP contribution in [0.25, 0.3) is 0 Å². The van der Waals surface area contributed by atoms with E-state index < -0.39 is 0 Å². The van der Waals surface area contributed by atoms with Gasteiger partial charge < -0.3 is 16.0 Å². The normalized spacial score (nSPS) is 15.2. The van der Waals surface area contributed by atoms with Gasteiger partial charge >= 0.3 is 0 Å². The van der Waals surface area contributed by atoms with Crippen LogP contribution in [-0.2, 0) is 11.3 Å². The predicted molar refractivity (Wildman–Crippen MR) is 112 cm³/mol. The molecule has 0 bridgehead atoms. The molecular weight excluding hydrogens is 429 g/mol. The zero-order valence-electron chi connectivity index (χ0n) is 15.0. The number of pyridine rings is 1. The topological polar surface area (TPSA) is 78.4 Å². The van der Waals surface area contributed by atoms with Crippen LogP contribution in [0.1, 0.15) is 44.7 Å². The number of nitrogens with zero attached hydrogens (tertiary/aromatic N) is 2. The van der Waals surface area contributed by atoms with Gasteiger partial charge in [0.1, 0.15) is 0 Å². The van der Waals surface area contributed by atoms with Gasteiger partial charge in [0.2, 0.25) is 5.91 Å². The van der Waals surface area contributed by atoms with Crippen LogP contribution in [0, 0.1) is 5.92 Å². The van der Waals surface area contributed by atoms with Crippen molar-refractivity contribution in [2.24, 2.45) is 10.9 Å². The number of amides is 1. The second-order valence-electron chi connectivity index (χ2n) is 6.07. The van der Waals surface area contributed by atoms with Gasteiger partial charge in [-0.05, 0) is 31.9 Å². The van der Waals surface area contributed by atoms with Crippen molar-refractivity contribution in [2.45, 2.75) is 45.6 Å². The summed E-state index contributed by atoms with van der Waals surface area (Å²) < 4.78 is 0. The van der Waals surface area contributed by atoms with E-state index >= 15 is 0 Å². The summed E-state index contributed by atoms with van der Waals surface area (Å²) in [6.07, 6.45) is 7.47. The molecule has 0 atom stereocenters. The molecule has 0 aliphatic heterocycles. The van der Waals surface area contributed by atoms with Crippen LogP contribution in [-0.4, -0.2) is 36.5 Å². The molecule has 0 radical (unpaired) electrons. The van der Waals surface area contributed by atoms with E-state index in [1.165, 1.54) is 19.3 Å². The Hall–Kier alpha value is -1.38. The van der Waals surface area contributed by atoms with Crippen LogP contribution >= 0.6 is 24.0 Å². The molecule has 1 saturated carbocycles. The van der Waals surface area contributed by atoms with Gasteiger partial charge in [0.05, 0.1) is 12.2 Å². The lowest BCUT2D eigenvalue weighted by Gasteiger charge is -2.21. The monoisotopic (exact) mass is 459 g/mol. The summed E-state index contributed by atoms with van der Waals surface area (Å²) >= 11 is 0. The van der Waals surface area contributed by atoms with E-state index in [-0.39, 0.29) is 35.8 Å². The molecule has 140 valence electrons. The number of hydrogen-bond donors (Lipinski definition) is 3. The first kappa shape index (κ1) is 21.7. The molecule has 25 heavy (non-hydrogen) atoms. The first-order chi connectivity index (χ1) is 11.8. The van der Waals surface area contributed by atoms with Gasteiger partial charge in [-0.2, -0.15) is 0 Å². The van der Waals surface area contributed by atoms with E-state index in [2.05, 4.69) is 25.9 Å². The Bertz CT molecular complexity index is 517. The summed E-state index contributed by atoms with van der Waals surface area (Å²) in [7, 11) is 0. The second-order valence-corrected chi connectivity index (χ2v) is 6.07. The van der Waals surface area contributed by atoms with Crippen LogP contribution < -0.4 is 16.0 Å². The molecule has 1 fully saturated rings. The molecule has 0 aromatic carbocycles. The molecule has 2 rings (SSSR count). The first-order valence-electron chi connectivity index (χ1n) is 8.99. The second kappa shape index (κ2) is 12.9. The number of guanidine groups is 1. The summed E-state index contributed by atoms with van der Waals surface area (Å²) in [6, 6.07) is 5.81. The lowest BCUT2D eigenvalue weighted by molar-refractivity contribution is -0.125. The van der Waals surface area contributed by atoms with Crippen molar-refractivity contribution >= 4 is 35.8 Å². The molecule has 6 nitrogen and oxygen atoms in total. The minimum absolute atomic E-state index is 0. The quantitative estimate of drug-likeness (QED) is 0.253. The average Bonchev–Trinajstić information content (AvgIpc) is 2.64. The molecule has 1 amide bonds. The Labute approximate surface area is 167 Å². The third-order valence-corrected chi connectivity index (χ3v) is 4.16. The maximum absolute atomic E-state index is 12.1. The van der Waals surface area contributed by atoms with Gasteiger partial charge in [-0.25, -0.2) is 4.99 Å². The number of carbonyl (C=O) groups excluding carboxylic acids is 1. The van der Waals surface area contributed by atoms with Gasteiger partial charge in [0.15, 0.2) is 5.96 Å². The van der Waals surface area contributed by atoms with E-state index in [0.29, 0.717) is 19.6 Å². The third-order valence-electron chi connectivity index (χ3n) is 4.16. The Kier molecular flexibility index (Phi) is 11.2. The Balaban J connectivity index is 0.00000312. The van der Waals surface area contributed by atoms with Crippen molar-refractivity contribution in [3.05, 3.63) is 30.1 Å². The van der Waals surface area contributed by atoms with Gasteiger partial charge in [-0.3, -0.25) is 9.78 Å². The Morgan fingerprint density at radius 3 is 2.60 bits per heavy atom. The van der Waals surface area contributed by atoms with E-state index in [1.54, 1.807) is 6.20 Å². The van der Waals surface area contributed by atoms with E-state index in [4.69, 9.17) is 0 Å². The summed E-state index contributed by atoms with van der Waals surface area (Å²) in [5.41, 5.74) is 0.931. The van der Waals surface area contributed by atoms with E-state index in [9.17, 15) is 4.79 Å². The highest BCUT2D eigenvalue weighted by atomic mass is 127. The Morgan fingerprint density at radius 1 is 1.16 bits per heavy atom. The number of hydrogen-bond acceptors (Lipinski definition) is 3. The van der Waals surface area contributed by atoms with Crippen molar-refractivity contribution < 1.29 is 4.79 Å². The zero-order chi connectivity index (χ0) is 17.0. The van der Waals surface area contributed by atoms with Gasteiger partial charge in [-0.15, -0.1) is 24.0 Å². The smallest absolute Gasteiger partial charge is 0.223 e. The molecule has 1 aromatic rings. The van der Waals surface area contributed by atoms with Gasteiger partial charge in [0.25, 0.3) is 0 Å². The molecule has 0 unspecified atom stereocenters. The van der Waals surface area contributed by atoms with Crippen molar-refractivity contribution in [3.8, 4) is 0 Å². The number of halogens is 1. The molecule has 0 saturated heterocycles. The maximum atomic E-state index is 12.1. The lowest BCUT2D eigenvalue weighted by Crippen LogP contribution is -2.42. The maximum Gasteiger partial charge on any atom is 0.223 e. The fourth-order valence-corrected chi connectivity index (χ4v) is 2.87. The van der Waals surface area contributed by atoms with Gasteiger partial charge in [0, 0.05) is 31.7 Å². The van der Waals surface area contributed by atoms with Crippen molar-refractivity contribution in [1.29, 1.82) is 0 Å². The fourth-order valence-electron chi connectivity index (χ4n) is 2.87. The molecule has 7 heteroatoms. The SMILES string of the molecule is CCNC(=NCc1ccccn1)NCCNC(=O)C1CCCCC1.I. The average molecular weight is 459 g/mol. The van der Waals surface area contributed by atoms with Crippen molar-refractivity contribution in [2.75, 3.05) is 19.6 Å². The molecule has 1 aliphatic carbocycles. The van der Waals surface area contributed by atoms with Crippen molar-refractivity contribution in [1.82, 2.24) is 20.9 Å². The largest absolute Gasteiger partial charge is 0.357 e. The minimum Gasteiger partial charge on any atom is -0.357 e. The third kappa shape index (κ3) is 8.51. The summed E-state index contributed by atoms with van der Waals surface area (Å²) in [6.45, 7) is 4.63. The number of aromatic nitrogens is 1. The lowest BCUT2D eigenvalue weighted by atomic mass is 9.89. The molecular formula is C18H30IN5O. The van der Waals surface area contributed by atoms with Gasteiger partial charge in [-0.1, -0.05) is 25.3 Å². The van der Waals surface area contributed by atoms with Crippen LogP contribution in [0.2, 0.25) is 0 Å². The first-order valence-corrected chi connectivity index (χ1v) is 8.99. The number of aliphatic imine (C=N–C) groups is 1. The van der Waals surface area contributed by atoms with Crippen LogP contribution in [0.3, 0.4) is 0 Å². The van der Waals surface area contributed by atoms with Crippen LogP contribution in [0.15, 0.2) is 29.4 Å². The molecule has 1 aliphatic rings. The number of nitrogens with one attached hydrogen (secondary N) is 3. The number of rotatable bonds is 7. The molecule has 0 spiro atoms. The highest BCUT2D eigenvalue weighted by Gasteiger charge is 2.20. The predicted octanol–water partition coefficient (Wildman–Crippen LogP) is 2.45. The van der Waals surface area contributed by atoms with E-state index in [1.807, 2.05) is 25.1 Å². The highest BCUT2D eigenvalue weighted by Crippen LogP contribution is 2.23. The number of carbonyl (C=O) groups is 1. The summed E-state index contributed by atoms with van der Waals surface area (Å²) in [5.74, 6) is 1.16. The minimum atomic E-state index is 0. The Morgan fingerprint density at radius 2 is 1.92 bits per heavy atom. The van der Waals surface area contributed by atoms with E-state index in [0.717, 1.165) is 31.0 Å². The van der Waals surface area contributed by atoms with Crippen molar-refractivity contribution in [3.63, 3.8) is 0 Å². The molecule has 3 N–H and O–H groups in total. The standard InChI is InChI=1S/C18H29N5O.HI/c1-2-19-18(23-14-16-10-6-7-11-20-16)22-13-12-21-17(24)15-8-4-3-5-9-15;/h6-7,10-11,15H,2-5,8-9,12-14H2,1H3,(H,21,24)(H2,19,22,23);1H. The summed E-state index contributed by atoms with van der Waals surface area (Å²) in [4.78, 5) is 20.9. The summed E-state index contributed by atoms with van der Waals surface area (Å²) in [5, 5.41) is 9.48. The fraction of sp³-hybridized carbons (Fsp3) is 0.611. The zero-order valence-corrected chi connectivity index (χ0v) is 17.3. The van der Waals surface area contributed by atoms with Crippen LogP contribution in [0.4, 0.5) is 0 Å².